The minimum absolute atomic E-state index is 0.0382. The number of halogens is 1. The molecule has 0 radical (unpaired) electrons. The van der Waals surface area contributed by atoms with Gasteiger partial charge in [-0.05, 0) is 39.0 Å². The normalized spacial score (nSPS) is 18.1. The number of ketones is 1. The van der Waals surface area contributed by atoms with E-state index in [1.807, 2.05) is 12.1 Å². The van der Waals surface area contributed by atoms with Gasteiger partial charge in [0.2, 0.25) is 0 Å². The second-order valence-electron chi connectivity index (χ2n) is 6.71. The van der Waals surface area contributed by atoms with E-state index in [4.69, 9.17) is 11.6 Å². The topological polar surface area (TPSA) is 59.0 Å². The van der Waals surface area contributed by atoms with Gasteiger partial charge in [-0.25, -0.2) is 4.98 Å². The zero-order chi connectivity index (χ0) is 17.4. The van der Waals surface area contributed by atoms with Crippen LogP contribution in [0.2, 0.25) is 0 Å². The molecule has 2 aliphatic rings. The van der Waals surface area contributed by atoms with Crippen LogP contribution in [0.5, 0.6) is 0 Å². The number of hydrogen-bond donors (Lipinski definition) is 0. The van der Waals surface area contributed by atoms with Crippen molar-refractivity contribution in [2.45, 2.75) is 19.3 Å². The highest BCUT2D eigenvalue weighted by Crippen LogP contribution is 2.31. The largest absolute Gasteiger partial charge is 0.306 e. The third-order valence-electron chi connectivity index (χ3n) is 4.97. The van der Waals surface area contributed by atoms with Crippen LogP contribution in [0.25, 0.3) is 16.3 Å². The number of piperidine rings is 1. The molecule has 0 spiro atoms. The fourth-order valence-electron chi connectivity index (χ4n) is 3.40. The Morgan fingerprint density at radius 3 is 2.84 bits per heavy atom. The number of fused-ring (bicyclic) bond motifs is 1. The lowest BCUT2D eigenvalue weighted by Crippen LogP contribution is -2.33. The third-order valence-corrected chi connectivity index (χ3v) is 5.33. The Bertz CT molecular complexity index is 856. The molecule has 1 saturated heterocycles. The summed E-state index contributed by atoms with van der Waals surface area (Å²) >= 11 is 6.22. The number of nitrogens with zero attached hydrogens (tertiary/aromatic N) is 4. The van der Waals surface area contributed by atoms with Gasteiger partial charge in [0.1, 0.15) is 5.69 Å². The molecule has 0 N–H and O–H groups in total. The predicted octanol–water partition coefficient (Wildman–Crippen LogP) is 3.20. The van der Waals surface area contributed by atoms with Gasteiger partial charge in [-0.15, -0.1) is 0 Å². The average molecular weight is 355 g/mol. The first-order chi connectivity index (χ1) is 12.1. The Balaban J connectivity index is 1.61. The van der Waals surface area contributed by atoms with Crippen molar-refractivity contribution in [1.82, 2.24) is 19.9 Å². The van der Waals surface area contributed by atoms with Crippen molar-refractivity contribution in [3.05, 3.63) is 47.7 Å². The van der Waals surface area contributed by atoms with Crippen molar-refractivity contribution < 1.29 is 4.79 Å². The fourth-order valence-corrected chi connectivity index (χ4v) is 3.64. The van der Waals surface area contributed by atoms with Crippen LogP contribution >= 0.6 is 11.6 Å². The lowest BCUT2D eigenvalue weighted by Gasteiger charge is -2.27. The Kier molecular flexibility index (Phi) is 4.36. The second-order valence-corrected chi connectivity index (χ2v) is 7.11. The highest BCUT2D eigenvalue weighted by atomic mass is 35.5. The molecule has 0 unspecified atom stereocenters. The van der Waals surface area contributed by atoms with Crippen molar-refractivity contribution in [3.63, 3.8) is 0 Å². The zero-order valence-electron chi connectivity index (χ0n) is 14.1. The minimum Gasteiger partial charge on any atom is -0.306 e. The molecule has 128 valence electrons. The van der Waals surface area contributed by atoms with E-state index >= 15 is 0 Å². The van der Waals surface area contributed by atoms with E-state index < -0.39 is 0 Å². The average Bonchev–Trinajstić information content (AvgIpc) is 3.02. The van der Waals surface area contributed by atoms with Crippen LogP contribution in [0.4, 0.5) is 0 Å². The van der Waals surface area contributed by atoms with Gasteiger partial charge < -0.3 is 4.90 Å². The molecule has 1 aliphatic heterocycles. The highest BCUT2D eigenvalue weighted by molar-refractivity contribution is 6.49. The molecular formula is C19H19ClN4O. The first-order valence-electron chi connectivity index (χ1n) is 8.52. The molecular weight excluding hydrogens is 336 g/mol. The maximum atomic E-state index is 12.8. The lowest BCUT2D eigenvalue weighted by molar-refractivity contribution is 0.0851. The molecule has 1 aliphatic carbocycles. The van der Waals surface area contributed by atoms with Gasteiger partial charge in [0.05, 0.1) is 23.8 Å². The smallest absolute Gasteiger partial charge is 0.185 e. The molecule has 1 fully saturated rings. The van der Waals surface area contributed by atoms with Gasteiger partial charge in [0.25, 0.3) is 0 Å². The molecule has 2 aromatic heterocycles. The summed E-state index contributed by atoms with van der Waals surface area (Å²) in [6.45, 7) is 1.90. The quantitative estimate of drug-likeness (QED) is 0.792. The van der Waals surface area contributed by atoms with Crippen molar-refractivity contribution >= 4 is 22.4 Å². The molecule has 0 bridgehead atoms. The van der Waals surface area contributed by atoms with Gasteiger partial charge in [-0.1, -0.05) is 17.7 Å². The van der Waals surface area contributed by atoms with Crippen molar-refractivity contribution in [2.24, 2.45) is 5.92 Å². The van der Waals surface area contributed by atoms with E-state index in [0.29, 0.717) is 11.4 Å². The van der Waals surface area contributed by atoms with Crippen LogP contribution in [-0.2, 0) is 6.42 Å². The maximum Gasteiger partial charge on any atom is 0.185 e. The van der Waals surface area contributed by atoms with E-state index in [2.05, 4.69) is 26.9 Å². The van der Waals surface area contributed by atoms with Gasteiger partial charge in [0, 0.05) is 34.7 Å². The van der Waals surface area contributed by atoms with Crippen LogP contribution in [0.1, 0.15) is 34.6 Å². The summed E-state index contributed by atoms with van der Waals surface area (Å²) in [5, 5.41) is 0.718. The molecule has 0 atom stereocenters. The van der Waals surface area contributed by atoms with E-state index in [1.54, 1.807) is 18.6 Å². The number of hydrogen-bond acceptors (Lipinski definition) is 5. The van der Waals surface area contributed by atoms with Crippen LogP contribution in [0.15, 0.2) is 30.7 Å². The predicted molar refractivity (Wildman–Crippen MR) is 97.3 cm³/mol. The fraction of sp³-hybridized carbons (Fsp3) is 0.368. The highest BCUT2D eigenvalue weighted by Gasteiger charge is 2.26. The van der Waals surface area contributed by atoms with Crippen molar-refractivity contribution in [3.8, 4) is 11.3 Å². The minimum atomic E-state index is 0.0382. The van der Waals surface area contributed by atoms with Crippen LogP contribution < -0.4 is 0 Å². The number of rotatable bonds is 3. The summed E-state index contributed by atoms with van der Waals surface area (Å²) in [6, 6.07) is 1.97. The molecule has 0 amide bonds. The van der Waals surface area contributed by atoms with Gasteiger partial charge in [0.15, 0.2) is 5.78 Å². The summed E-state index contributed by atoms with van der Waals surface area (Å²) in [4.78, 5) is 28.3. The molecule has 0 saturated carbocycles. The van der Waals surface area contributed by atoms with Crippen LogP contribution in [0, 0.1) is 5.92 Å². The number of carbonyl (C=O) groups excluding carboxylic acids is 1. The molecule has 2 aromatic rings. The second kappa shape index (κ2) is 6.65. The van der Waals surface area contributed by atoms with Gasteiger partial charge >= 0.3 is 0 Å². The zero-order valence-corrected chi connectivity index (χ0v) is 14.8. The van der Waals surface area contributed by atoms with Crippen LogP contribution in [-0.4, -0.2) is 45.8 Å². The summed E-state index contributed by atoms with van der Waals surface area (Å²) in [5.74, 6) is 0.130. The number of aromatic nitrogens is 3. The first kappa shape index (κ1) is 16.4. The van der Waals surface area contributed by atoms with Crippen molar-refractivity contribution in [1.29, 1.82) is 0 Å². The number of carbonyl (C=O) groups is 1. The molecule has 4 rings (SSSR count). The molecule has 3 heterocycles. The van der Waals surface area contributed by atoms with Crippen molar-refractivity contribution in [2.75, 3.05) is 20.1 Å². The number of Topliss-reactive ketones (excluding diaryl/α,β-unsaturated/α-hetero) is 1. The summed E-state index contributed by atoms with van der Waals surface area (Å²) in [7, 11) is 2.08. The molecule has 6 heteroatoms. The van der Waals surface area contributed by atoms with E-state index in [0.717, 1.165) is 54.2 Å². The van der Waals surface area contributed by atoms with E-state index in [-0.39, 0.29) is 11.7 Å². The number of likely N-dealkylation sites (tertiary alicyclic amines) is 1. The third kappa shape index (κ3) is 3.22. The van der Waals surface area contributed by atoms with E-state index in [9.17, 15) is 4.79 Å². The van der Waals surface area contributed by atoms with Gasteiger partial charge in [-0.3, -0.25) is 14.8 Å². The van der Waals surface area contributed by atoms with Gasteiger partial charge in [-0.2, -0.15) is 0 Å². The SMILES string of the molecule is CN1CCC(C(=O)c2cncc(-c3cnc4c(c3)C(Cl)=CC4)n2)CC1. The molecule has 0 aromatic carbocycles. The number of allylic oxidation sites excluding steroid dienone is 1. The summed E-state index contributed by atoms with van der Waals surface area (Å²) in [5.41, 5.74) is 3.84. The molecule has 5 nitrogen and oxygen atoms in total. The Labute approximate surface area is 151 Å². The Morgan fingerprint density at radius 1 is 1.24 bits per heavy atom. The Hall–Kier alpha value is -2.11. The summed E-state index contributed by atoms with van der Waals surface area (Å²) in [6.07, 6.45) is 9.48. The first-order valence-corrected chi connectivity index (χ1v) is 8.90. The number of pyridine rings is 1. The van der Waals surface area contributed by atoms with Crippen LogP contribution in [0.3, 0.4) is 0 Å². The standard InChI is InChI=1S/C19H19ClN4O/c1-24-6-4-12(5-7-24)19(25)18-11-21-10-17(23-18)13-8-14-15(20)2-3-16(14)22-9-13/h2,8-12H,3-7H2,1H3. The van der Waals surface area contributed by atoms with E-state index in [1.165, 1.54) is 0 Å². The monoisotopic (exact) mass is 354 g/mol. The Morgan fingerprint density at radius 2 is 2.04 bits per heavy atom. The summed E-state index contributed by atoms with van der Waals surface area (Å²) < 4.78 is 0. The maximum absolute atomic E-state index is 12.8. The lowest BCUT2D eigenvalue weighted by atomic mass is 9.91. The molecule has 25 heavy (non-hydrogen) atoms.